The van der Waals surface area contributed by atoms with Crippen molar-refractivity contribution in [2.75, 3.05) is 14.2 Å². The summed E-state index contributed by atoms with van der Waals surface area (Å²) in [6, 6.07) is 3.82. The van der Waals surface area contributed by atoms with E-state index >= 15 is 0 Å². The molecule has 0 aromatic heterocycles. The van der Waals surface area contributed by atoms with E-state index in [4.69, 9.17) is 21.5 Å². The second-order valence-corrected chi connectivity index (χ2v) is 10.3. The van der Waals surface area contributed by atoms with Gasteiger partial charge in [0, 0.05) is 36.7 Å². The maximum Gasteiger partial charge on any atom is 0.318 e. The van der Waals surface area contributed by atoms with E-state index in [0.29, 0.717) is 23.1 Å². The van der Waals surface area contributed by atoms with Crippen LogP contribution in [0.2, 0.25) is 0 Å². The summed E-state index contributed by atoms with van der Waals surface area (Å²) in [5.41, 5.74) is 1.79. The molecule has 6 nitrogen and oxygen atoms in total. The summed E-state index contributed by atoms with van der Waals surface area (Å²) in [4.78, 5) is 23.1. The molecule has 1 aromatic carbocycles. The molecule has 1 rings (SSSR count). The number of hydrogen-bond donors (Lipinski definition) is 3. The molecule has 266 valence electrons. The first kappa shape index (κ1) is 50.0. The third-order valence-electron chi connectivity index (χ3n) is 6.15. The zero-order chi connectivity index (χ0) is 37.6. The maximum absolute atomic E-state index is 13.8. The summed E-state index contributed by atoms with van der Waals surface area (Å²) >= 11 is 5.08. The summed E-state index contributed by atoms with van der Waals surface area (Å²) in [6.07, 6.45) is 7.36. The Labute approximate surface area is 282 Å². The minimum Gasteiger partial charge on any atom is -0.400 e. The number of rotatable bonds is 12. The first-order chi connectivity index (χ1) is 22.1. The van der Waals surface area contributed by atoms with Gasteiger partial charge in [0.1, 0.15) is 6.79 Å². The summed E-state index contributed by atoms with van der Waals surface area (Å²) in [5, 5.41) is 12.2. The lowest BCUT2D eigenvalue weighted by Gasteiger charge is -2.31. The standard InChI is InChI=1S/C17H24F2.C13H16F3N3O.C3H5Cl.CH4O.CH2O/c1-5-7-11-17(4,13(3)6-2)12-14-9-8-10-15(18)16(14)19;1-4-18-9(2)10(8-14)11(19-13(20)17-3)6-5-7-12(15)16;1-3(2)4;2*1-2/h6,8-10H,5,7,11-12H2,1-4H3;4-8,12H,1H2,2-3H3,(H2,17,19,20);1H2,2H3;2H,1H3;1H2/b13-6-;7-5+,10-8-,11-6+,18-9?;;;. The molecular formula is C35H51ClF5N3O3. The van der Waals surface area contributed by atoms with Crippen molar-refractivity contribution in [1.82, 2.24) is 10.6 Å². The lowest BCUT2D eigenvalue weighted by atomic mass is 9.73. The first-order valence-electron chi connectivity index (χ1n) is 14.4. The van der Waals surface area contributed by atoms with Gasteiger partial charge in [0.05, 0.1) is 12.0 Å². The predicted molar refractivity (Wildman–Crippen MR) is 186 cm³/mol. The van der Waals surface area contributed by atoms with Crippen LogP contribution in [0.1, 0.15) is 66.4 Å². The lowest BCUT2D eigenvalue weighted by Crippen LogP contribution is -2.33. The van der Waals surface area contributed by atoms with Gasteiger partial charge in [0.2, 0.25) is 0 Å². The largest absolute Gasteiger partial charge is 0.400 e. The van der Waals surface area contributed by atoms with E-state index < -0.39 is 24.1 Å². The maximum atomic E-state index is 13.8. The van der Waals surface area contributed by atoms with Gasteiger partial charge in [-0.05, 0) is 69.7 Å². The summed E-state index contributed by atoms with van der Waals surface area (Å²) < 4.78 is 64.2. The number of amides is 2. The van der Waals surface area contributed by atoms with Crippen molar-refractivity contribution >= 4 is 30.1 Å². The van der Waals surface area contributed by atoms with Crippen molar-refractivity contribution in [3.8, 4) is 0 Å². The van der Waals surface area contributed by atoms with Crippen LogP contribution >= 0.6 is 11.6 Å². The van der Waals surface area contributed by atoms with Crippen molar-refractivity contribution in [3.63, 3.8) is 0 Å². The quantitative estimate of drug-likeness (QED) is 0.0882. The van der Waals surface area contributed by atoms with E-state index in [-0.39, 0.29) is 28.7 Å². The summed E-state index contributed by atoms with van der Waals surface area (Å²) in [5.74, 6) is -1.46. The van der Waals surface area contributed by atoms with Crippen LogP contribution in [-0.2, 0) is 11.2 Å². The Morgan fingerprint density at radius 1 is 1.17 bits per heavy atom. The van der Waals surface area contributed by atoms with Crippen LogP contribution in [0.4, 0.5) is 26.7 Å². The van der Waals surface area contributed by atoms with Gasteiger partial charge in [-0.1, -0.05) is 81.3 Å². The number of alkyl halides is 2. The van der Waals surface area contributed by atoms with Crippen LogP contribution in [0, 0.1) is 17.0 Å². The molecule has 0 heterocycles. The number of unbranched alkanes of at least 4 members (excludes halogenated alkanes) is 1. The van der Waals surface area contributed by atoms with Gasteiger partial charge in [-0.2, -0.15) is 0 Å². The highest BCUT2D eigenvalue weighted by atomic mass is 35.5. The Kier molecular flexibility index (Phi) is 32.8. The number of allylic oxidation sites excluding steroid dienone is 7. The zero-order valence-corrected chi connectivity index (χ0v) is 29.5. The molecule has 12 heteroatoms. The zero-order valence-electron chi connectivity index (χ0n) is 28.7. The third kappa shape index (κ3) is 24.1. The average molecular weight is 692 g/mol. The molecule has 3 N–H and O–H groups in total. The molecule has 0 saturated heterocycles. The Morgan fingerprint density at radius 3 is 2.15 bits per heavy atom. The predicted octanol–water partition coefficient (Wildman–Crippen LogP) is 9.93. The van der Waals surface area contributed by atoms with Crippen LogP contribution in [0.25, 0.3) is 0 Å². The number of carbonyl (C=O) groups excluding carboxylic acids is 2. The molecule has 47 heavy (non-hydrogen) atoms. The molecule has 1 aromatic rings. The van der Waals surface area contributed by atoms with Crippen LogP contribution in [0.5, 0.6) is 0 Å². The van der Waals surface area contributed by atoms with Gasteiger partial charge >= 0.3 is 6.03 Å². The Hall–Kier alpha value is -3.83. The Balaban J connectivity index is -0.000000322. The fraction of sp³-hybridized carbons (Fsp3) is 0.400. The molecule has 0 saturated carbocycles. The molecule has 0 spiro atoms. The summed E-state index contributed by atoms with van der Waals surface area (Å²) in [7, 11) is 2.37. The fourth-order valence-electron chi connectivity index (χ4n) is 3.60. The Bertz CT molecular complexity index is 1210. The normalized spacial score (nSPS) is 12.9. The second-order valence-electron chi connectivity index (χ2n) is 9.63. The number of nitrogens with one attached hydrogen (secondary N) is 2. The minimum absolute atomic E-state index is 0.00755. The van der Waals surface area contributed by atoms with Crippen LogP contribution in [0.15, 0.2) is 95.1 Å². The third-order valence-corrected chi connectivity index (χ3v) is 6.15. The molecular weight excluding hydrogens is 641 g/mol. The monoisotopic (exact) mass is 691 g/mol. The van der Waals surface area contributed by atoms with Crippen LogP contribution in [0.3, 0.4) is 0 Å². The van der Waals surface area contributed by atoms with E-state index in [2.05, 4.69) is 55.6 Å². The number of aliphatic hydroxyl groups excluding tert-OH is 1. The minimum atomic E-state index is -2.65. The summed E-state index contributed by atoms with van der Waals surface area (Å²) in [6.45, 7) is 20.3. The fourth-order valence-corrected chi connectivity index (χ4v) is 3.60. The number of aliphatic hydroxyl groups is 1. The van der Waals surface area contributed by atoms with E-state index in [1.165, 1.54) is 31.8 Å². The van der Waals surface area contributed by atoms with Gasteiger partial charge in [0.25, 0.3) is 6.43 Å². The molecule has 1 unspecified atom stereocenters. The molecule has 0 aliphatic carbocycles. The molecule has 1 atom stereocenters. The van der Waals surface area contributed by atoms with Crippen molar-refractivity contribution in [3.05, 3.63) is 107 Å². The second kappa shape index (κ2) is 30.8. The highest BCUT2D eigenvalue weighted by molar-refractivity contribution is 6.28. The van der Waals surface area contributed by atoms with Crippen molar-refractivity contribution < 1.29 is 36.6 Å². The highest BCUT2D eigenvalue weighted by Gasteiger charge is 2.27. The topological polar surface area (TPSA) is 90.8 Å². The molecule has 0 aliphatic rings. The first-order valence-corrected chi connectivity index (χ1v) is 14.7. The lowest BCUT2D eigenvalue weighted by molar-refractivity contribution is -0.0980. The molecule has 0 bridgehead atoms. The van der Waals surface area contributed by atoms with Crippen LogP contribution < -0.4 is 10.6 Å². The van der Waals surface area contributed by atoms with E-state index in [1.807, 2.05) is 13.7 Å². The van der Waals surface area contributed by atoms with Gasteiger partial charge in [-0.15, -0.1) is 0 Å². The van der Waals surface area contributed by atoms with E-state index in [1.54, 1.807) is 19.1 Å². The molecule has 0 aliphatic heterocycles. The van der Waals surface area contributed by atoms with Gasteiger partial charge in [-0.25, -0.2) is 26.7 Å². The Morgan fingerprint density at radius 2 is 1.72 bits per heavy atom. The van der Waals surface area contributed by atoms with Crippen molar-refractivity contribution in [1.29, 1.82) is 0 Å². The van der Waals surface area contributed by atoms with E-state index in [9.17, 15) is 26.7 Å². The van der Waals surface area contributed by atoms with Crippen molar-refractivity contribution in [2.45, 2.75) is 73.7 Å². The smallest absolute Gasteiger partial charge is 0.318 e. The molecule has 2 amide bonds. The van der Waals surface area contributed by atoms with Crippen molar-refractivity contribution in [2.24, 2.45) is 10.4 Å². The average Bonchev–Trinajstić information content (AvgIpc) is 3.04. The number of hydrogen-bond acceptors (Lipinski definition) is 4. The number of urea groups is 1. The van der Waals surface area contributed by atoms with Gasteiger partial charge in [0.15, 0.2) is 11.6 Å². The molecule has 0 radical (unpaired) electrons. The number of nitrogens with zero attached hydrogens (tertiary/aromatic N) is 1. The SMILES string of the molecule is C/C=C(/C)C(C)(CCCC)Cc1cccc(F)c1F.C=C(C)Cl.C=CN=C(C)C(=C/F)/C(=C\C=C\C(F)F)NC(=O)NC.C=O.CO. The van der Waals surface area contributed by atoms with Gasteiger partial charge in [-0.3, -0.25) is 4.99 Å². The van der Waals surface area contributed by atoms with E-state index in [0.717, 1.165) is 38.5 Å². The number of halogens is 6. The number of aliphatic imine (C=N–C) groups is 1. The van der Waals surface area contributed by atoms with Gasteiger partial charge < -0.3 is 20.5 Å². The number of benzene rings is 1. The highest BCUT2D eigenvalue weighted by Crippen LogP contribution is 2.37. The van der Waals surface area contributed by atoms with Crippen LogP contribution in [-0.4, -0.2) is 44.2 Å². The molecule has 0 fully saturated rings. The number of carbonyl (C=O) groups is 2.